The summed E-state index contributed by atoms with van der Waals surface area (Å²) >= 11 is 0. The molecule has 0 saturated heterocycles. The standard InChI is InChI=1S/C27H32O3/c1-18-21(16-24(29)17-26(18)30)10-9-20-6-4-14-27(2)22(12-13-25(20)27)11-8-19-5-3-7-23(28)15-19/h3,5,7,9-10,15,22,24-26,28-30H,1,4,6,12-14,16-17H2,2H3/b20-9+,21-10-. The molecule has 0 heterocycles. The molecule has 4 rings (SSSR count). The fraction of sp³-hybridized carbons (Fsp3) is 0.481. The van der Waals surface area contributed by atoms with Crippen molar-refractivity contribution in [3.05, 3.63) is 65.3 Å². The predicted octanol–water partition coefficient (Wildman–Crippen LogP) is 4.88. The minimum Gasteiger partial charge on any atom is -0.508 e. The third-order valence-corrected chi connectivity index (χ3v) is 7.47. The largest absolute Gasteiger partial charge is 0.508 e. The van der Waals surface area contributed by atoms with Gasteiger partial charge in [0.25, 0.3) is 0 Å². The van der Waals surface area contributed by atoms with Gasteiger partial charge in [-0.05, 0) is 79.2 Å². The van der Waals surface area contributed by atoms with Crippen LogP contribution >= 0.6 is 0 Å². The highest BCUT2D eigenvalue weighted by Crippen LogP contribution is 2.57. The molecular weight excluding hydrogens is 372 g/mol. The second kappa shape index (κ2) is 8.46. The van der Waals surface area contributed by atoms with Gasteiger partial charge in [0, 0.05) is 17.9 Å². The van der Waals surface area contributed by atoms with Crippen molar-refractivity contribution in [2.24, 2.45) is 17.3 Å². The Morgan fingerprint density at radius 3 is 2.83 bits per heavy atom. The molecule has 0 spiro atoms. The van der Waals surface area contributed by atoms with Gasteiger partial charge in [-0.3, -0.25) is 0 Å². The maximum atomic E-state index is 10.1. The molecule has 3 heteroatoms. The highest BCUT2D eigenvalue weighted by atomic mass is 16.3. The zero-order valence-corrected chi connectivity index (χ0v) is 17.8. The van der Waals surface area contributed by atoms with Gasteiger partial charge in [-0.1, -0.05) is 49.1 Å². The average molecular weight is 405 g/mol. The van der Waals surface area contributed by atoms with Crippen molar-refractivity contribution >= 4 is 0 Å². The molecule has 3 fully saturated rings. The Kier molecular flexibility index (Phi) is 5.91. The topological polar surface area (TPSA) is 60.7 Å². The van der Waals surface area contributed by atoms with Crippen molar-refractivity contribution in [2.75, 3.05) is 0 Å². The first-order valence-electron chi connectivity index (χ1n) is 11.1. The van der Waals surface area contributed by atoms with Gasteiger partial charge in [0.1, 0.15) is 5.75 Å². The number of hydrogen-bond acceptors (Lipinski definition) is 3. The number of fused-ring (bicyclic) bond motifs is 1. The number of phenols is 1. The van der Waals surface area contributed by atoms with E-state index in [2.05, 4.69) is 37.5 Å². The first-order valence-corrected chi connectivity index (χ1v) is 11.1. The Balaban J connectivity index is 1.55. The number of allylic oxidation sites excluding steroid dienone is 3. The number of aromatic hydroxyl groups is 1. The Morgan fingerprint density at radius 2 is 2.03 bits per heavy atom. The SMILES string of the molecule is C=C1/C(=C\C=C2/CCCC3(C)C(C#Cc4cccc(O)c4)CCC23)CC(O)CC1O. The zero-order chi connectivity index (χ0) is 21.3. The third-order valence-electron chi connectivity index (χ3n) is 7.47. The lowest BCUT2D eigenvalue weighted by molar-refractivity contribution is 0.0862. The summed E-state index contributed by atoms with van der Waals surface area (Å²) < 4.78 is 0. The monoisotopic (exact) mass is 404 g/mol. The third kappa shape index (κ3) is 4.13. The number of phenolic OH excluding ortho intramolecular Hbond substituents is 1. The van der Waals surface area contributed by atoms with Crippen molar-refractivity contribution in [3.8, 4) is 17.6 Å². The van der Waals surface area contributed by atoms with Crippen LogP contribution in [0.15, 0.2) is 59.7 Å². The summed E-state index contributed by atoms with van der Waals surface area (Å²) in [5.74, 6) is 7.96. The van der Waals surface area contributed by atoms with E-state index < -0.39 is 12.2 Å². The summed E-state index contributed by atoms with van der Waals surface area (Å²) in [6.45, 7) is 6.42. The summed E-state index contributed by atoms with van der Waals surface area (Å²) in [7, 11) is 0. The number of aliphatic hydroxyl groups excluding tert-OH is 2. The van der Waals surface area contributed by atoms with Crippen LogP contribution in [0.2, 0.25) is 0 Å². The Labute approximate surface area is 179 Å². The molecule has 0 aromatic heterocycles. The van der Waals surface area contributed by atoms with Gasteiger partial charge in [0.2, 0.25) is 0 Å². The van der Waals surface area contributed by atoms with Crippen LogP contribution in [0.4, 0.5) is 0 Å². The maximum Gasteiger partial charge on any atom is 0.116 e. The van der Waals surface area contributed by atoms with Crippen LogP contribution in [0.25, 0.3) is 0 Å². The van der Waals surface area contributed by atoms with Crippen molar-refractivity contribution in [3.63, 3.8) is 0 Å². The normalized spacial score (nSPS) is 36.4. The molecule has 3 saturated carbocycles. The summed E-state index contributed by atoms with van der Waals surface area (Å²) in [5.41, 5.74) is 4.23. The highest BCUT2D eigenvalue weighted by molar-refractivity contribution is 5.41. The average Bonchev–Trinajstić information content (AvgIpc) is 3.04. The van der Waals surface area contributed by atoms with E-state index in [9.17, 15) is 15.3 Å². The molecule has 158 valence electrons. The Morgan fingerprint density at radius 1 is 1.20 bits per heavy atom. The number of benzene rings is 1. The van der Waals surface area contributed by atoms with Gasteiger partial charge < -0.3 is 15.3 Å². The van der Waals surface area contributed by atoms with E-state index in [4.69, 9.17) is 0 Å². The van der Waals surface area contributed by atoms with E-state index in [1.54, 1.807) is 12.1 Å². The van der Waals surface area contributed by atoms with Gasteiger partial charge >= 0.3 is 0 Å². The summed E-state index contributed by atoms with van der Waals surface area (Å²) in [5, 5.41) is 29.8. The minimum atomic E-state index is -0.640. The van der Waals surface area contributed by atoms with Crippen molar-refractivity contribution < 1.29 is 15.3 Å². The maximum absolute atomic E-state index is 10.1. The molecule has 1 aromatic rings. The molecule has 0 amide bonds. The second-order valence-corrected chi connectivity index (χ2v) is 9.43. The van der Waals surface area contributed by atoms with E-state index in [-0.39, 0.29) is 11.2 Å². The van der Waals surface area contributed by atoms with Crippen LogP contribution in [-0.4, -0.2) is 27.5 Å². The van der Waals surface area contributed by atoms with Crippen molar-refractivity contribution in [1.82, 2.24) is 0 Å². The van der Waals surface area contributed by atoms with Crippen LogP contribution in [0.5, 0.6) is 5.75 Å². The zero-order valence-electron chi connectivity index (χ0n) is 17.8. The lowest BCUT2D eigenvalue weighted by Crippen LogP contribution is -2.32. The first-order chi connectivity index (χ1) is 14.4. The van der Waals surface area contributed by atoms with Crippen LogP contribution in [0, 0.1) is 29.1 Å². The second-order valence-electron chi connectivity index (χ2n) is 9.43. The Bertz CT molecular complexity index is 944. The molecule has 0 radical (unpaired) electrons. The molecule has 3 aliphatic rings. The van der Waals surface area contributed by atoms with Crippen LogP contribution in [-0.2, 0) is 0 Å². The lowest BCUT2D eigenvalue weighted by atomic mass is 9.63. The fourth-order valence-electron chi connectivity index (χ4n) is 5.70. The molecule has 5 unspecified atom stereocenters. The number of aliphatic hydroxyl groups is 2. The van der Waals surface area contributed by atoms with Gasteiger partial charge in [0.05, 0.1) is 12.2 Å². The van der Waals surface area contributed by atoms with E-state index in [1.165, 1.54) is 18.4 Å². The lowest BCUT2D eigenvalue weighted by Gasteiger charge is -2.40. The minimum absolute atomic E-state index is 0.176. The Hall–Kier alpha value is -2.28. The van der Waals surface area contributed by atoms with Crippen molar-refractivity contribution in [1.29, 1.82) is 0 Å². The number of rotatable bonds is 1. The predicted molar refractivity (Wildman–Crippen MR) is 120 cm³/mol. The smallest absolute Gasteiger partial charge is 0.116 e. The van der Waals surface area contributed by atoms with E-state index >= 15 is 0 Å². The van der Waals surface area contributed by atoms with Gasteiger partial charge in [-0.15, -0.1) is 0 Å². The van der Waals surface area contributed by atoms with Crippen LogP contribution in [0.1, 0.15) is 57.4 Å². The molecule has 30 heavy (non-hydrogen) atoms. The van der Waals surface area contributed by atoms with Crippen molar-refractivity contribution in [2.45, 2.75) is 64.1 Å². The fourth-order valence-corrected chi connectivity index (χ4v) is 5.70. The van der Waals surface area contributed by atoms with Gasteiger partial charge in [-0.2, -0.15) is 0 Å². The van der Waals surface area contributed by atoms with E-state index in [0.29, 0.717) is 24.7 Å². The van der Waals surface area contributed by atoms with Gasteiger partial charge in [-0.25, -0.2) is 0 Å². The summed E-state index contributed by atoms with van der Waals surface area (Å²) in [6, 6.07) is 7.17. The summed E-state index contributed by atoms with van der Waals surface area (Å²) in [4.78, 5) is 0. The molecule has 3 aliphatic carbocycles. The van der Waals surface area contributed by atoms with Crippen LogP contribution in [0.3, 0.4) is 0 Å². The molecule has 0 aliphatic heterocycles. The molecule has 5 atom stereocenters. The summed E-state index contributed by atoms with van der Waals surface area (Å²) in [6.07, 6.45) is 9.85. The van der Waals surface area contributed by atoms with E-state index in [0.717, 1.165) is 36.0 Å². The quantitative estimate of drug-likeness (QED) is 0.585. The van der Waals surface area contributed by atoms with E-state index in [1.807, 2.05) is 12.1 Å². The highest BCUT2D eigenvalue weighted by Gasteiger charge is 2.48. The molecule has 3 N–H and O–H groups in total. The number of hydrogen-bond donors (Lipinski definition) is 3. The molecule has 1 aromatic carbocycles. The molecule has 0 bridgehead atoms. The molecule has 3 nitrogen and oxygen atoms in total. The van der Waals surface area contributed by atoms with Gasteiger partial charge in [0.15, 0.2) is 0 Å². The van der Waals surface area contributed by atoms with Crippen LogP contribution < -0.4 is 0 Å². The molecular formula is C27H32O3. The first kappa shape index (κ1) is 21.0.